The summed E-state index contributed by atoms with van der Waals surface area (Å²) < 4.78 is 4.72. The summed E-state index contributed by atoms with van der Waals surface area (Å²) in [5, 5.41) is 19.9. The smallest absolute Gasteiger partial charge is 0.410 e. The number of nitro groups is 1. The van der Waals surface area contributed by atoms with Crippen molar-refractivity contribution in [2.45, 2.75) is 6.54 Å². The number of carbonyl (C=O) groups excluding carboxylic acids is 1. The fourth-order valence-electron chi connectivity index (χ4n) is 1.89. The van der Waals surface area contributed by atoms with Crippen molar-refractivity contribution >= 4 is 17.7 Å². The Balaban J connectivity index is 2.39. The Hall–Kier alpha value is -2.64. The average Bonchev–Trinajstić information content (AvgIpc) is 2.74. The fourth-order valence-corrected chi connectivity index (χ4v) is 1.89. The zero-order valence-electron chi connectivity index (χ0n) is 9.74. The van der Waals surface area contributed by atoms with Crippen LogP contribution in [0, 0.1) is 10.1 Å². The molecule has 1 fully saturated rings. The van der Waals surface area contributed by atoms with Gasteiger partial charge in [0.15, 0.2) is 0 Å². The number of ether oxygens (including phenoxy) is 1. The van der Waals surface area contributed by atoms with E-state index in [-0.39, 0.29) is 18.7 Å². The van der Waals surface area contributed by atoms with Crippen LogP contribution in [0.5, 0.6) is 0 Å². The van der Waals surface area contributed by atoms with Gasteiger partial charge in [-0.25, -0.2) is 9.59 Å². The lowest BCUT2D eigenvalue weighted by atomic mass is 10.0. The molecule has 0 saturated carbocycles. The highest BCUT2D eigenvalue weighted by Crippen LogP contribution is 2.24. The summed E-state index contributed by atoms with van der Waals surface area (Å²) in [6.07, 6.45) is -0.553. The Labute approximate surface area is 107 Å². The number of amides is 1. The van der Waals surface area contributed by atoms with Gasteiger partial charge in [0.2, 0.25) is 0 Å². The maximum absolute atomic E-state index is 11.3. The Morgan fingerprint density at radius 1 is 1.53 bits per heavy atom. The molecule has 0 unspecified atom stereocenters. The van der Waals surface area contributed by atoms with E-state index in [9.17, 15) is 19.7 Å². The normalized spacial score (nSPS) is 14.3. The van der Waals surface area contributed by atoms with Gasteiger partial charge in [-0.05, 0) is 5.56 Å². The van der Waals surface area contributed by atoms with Gasteiger partial charge in [0.05, 0.1) is 18.0 Å². The van der Waals surface area contributed by atoms with Crippen LogP contribution in [0.3, 0.4) is 0 Å². The first-order chi connectivity index (χ1) is 9.00. The largest absolute Gasteiger partial charge is 0.477 e. The minimum atomic E-state index is -1.39. The predicted molar refractivity (Wildman–Crippen MR) is 61.8 cm³/mol. The van der Waals surface area contributed by atoms with Crippen molar-refractivity contribution in [3.63, 3.8) is 0 Å². The van der Waals surface area contributed by atoms with Crippen molar-refractivity contribution in [1.82, 2.24) is 4.90 Å². The number of aromatic carboxylic acids is 1. The summed E-state index contributed by atoms with van der Waals surface area (Å²) in [5.74, 6) is -1.39. The van der Waals surface area contributed by atoms with E-state index in [1.807, 2.05) is 0 Å². The van der Waals surface area contributed by atoms with E-state index in [1.165, 1.54) is 17.0 Å². The van der Waals surface area contributed by atoms with Crippen LogP contribution in [0.1, 0.15) is 15.9 Å². The van der Waals surface area contributed by atoms with E-state index in [4.69, 9.17) is 9.84 Å². The van der Waals surface area contributed by atoms with E-state index in [2.05, 4.69) is 0 Å². The quantitative estimate of drug-likeness (QED) is 0.648. The van der Waals surface area contributed by atoms with Crippen molar-refractivity contribution < 1.29 is 24.4 Å². The third kappa shape index (κ3) is 2.46. The molecule has 2 rings (SSSR count). The Bertz CT molecular complexity index is 556. The molecule has 0 aliphatic carbocycles. The summed E-state index contributed by atoms with van der Waals surface area (Å²) in [5.41, 5.74) is -0.676. The number of hydrogen-bond donors (Lipinski definition) is 1. The minimum Gasteiger partial charge on any atom is -0.477 e. The van der Waals surface area contributed by atoms with Crippen molar-refractivity contribution in [2.75, 3.05) is 13.2 Å². The molecule has 1 aromatic carbocycles. The summed E-state index contributed by atoms with van der Waals surface area (Å²) in [4.78, 5) is 33.8. The van der Waals surface area contributed by atoms with Gasteiger partial charge in [0, 0.05) is 6.07 Å². The summed E-state index contributed by atoms with van der Waals surface area (Å²) in [6, 6.07) is 3.96. The molecule has 8 nitrogen and oxygen atoms in total. The first kappa shape index (κ1) is 12.8. The highest BCUT2D eigenvalue weighted by molar-refractivity contribution is 5.94. The summed E-state index contributed by atoms with van der Waals surface area (Å²) in [6.45, 7) is 0.541. The molecule has 1 aliphatic rings. The van der Waals surface area contributed by atoms with Crippen LogP contribution in [-0.2, 0) is 11.3 Å². The zero-order chi connectivity index (χ0) is 14.0. The fraction of sp³-hybridized carbons (Fsp3) is 0.273. The van der Waals surface area contributed by atoms with Gasteiger partial charge in [-0.2, -0.15) is 0 Å². The Morgan fingerprint density at radius 3 is 2.79 bits per heavy atom. The zero-order valence-corrected chi connectivity index (χ0v) is 9.74. The minimum absolute atomic E-state index is 0.0256. The highest BCUT2D eigenvalue weighted by Gasteiger charge is 2.28. The molecule has 19 heavy (non-hydrogen) atoms. The number of cyclic esters (lactones) is 1. The van der Waals surface area contributed by atoms with Crippen LogP contribution in [-0.4, -0.2) is 40.1 Å². The van der Waals surface area contributed by atoms with Crippen molar-refractivity contribution in [1.29, 1.82) is 0 Å². The lowest BCUT2D eigenvalue weighted by molar-refractivity contribution is -0.385. The Kier molecular flexibility index (Phi) is 3.32. The molecular formula is C11H10N2O6. The number of hydrogen-bond acceptors (Lipinski definition) is 5. The topological polar surface area (TPSA) is 110 Å². The second kappa shape index (κ2) is 4.92. The standard InChI is InChI=1S/C11H10N2O6/c14-10(15)9-7(2-1-3-8(9)13(17)18)6-12-4-5-19-11(12)16/h1-3H,4-6H2,(H,14,15). The molecule has 0 spiro atoms. The Morgan fingerprint density at radius 2 is 2.26 bits per heavy atom. The average molecular weight is 266 g/mol. The molecular weight excluding hydrogens is 256 g/mol. The van der Waals surface area contributed by atoms with Gasteiger partial charge in [-0.15, -0.1) is 0 Å². The SMILES string of the molecule is O=C(O)c1c(CN2CCOC2=O)cccc1[N+](=O)[O-]. The summed E-state index contributed by atoms with van der Waals surface area (Å²) >= 11 is 0. The monoisotopic (exact) mass is 266 g/mol. The molecule has 100 valence electrons. The molecule has 0 atom stereocenters. The van der Waals surface area contributed by atoms with Crippen molar-refractivity contribution in [3.8, 4) is 0 Å². The molecule has 1 aliphatic heterocycles. The lowest BCUT2D eigenvalue weighted by Gasteiger charge is -2.14. The second-order valence-corrected chi connectivity index (χ2v) is 3.91. The van der Waals surface area contributed by atoms with Crippen molar-refractivity contribution in [3.05, 3.63) is 39.4 Å². The third-order valence-corrected chi connectivity index (χ3v) is 2.75. The van der Waals surface area contributed by atoms with E-state index in [0.29, 0.717) is 6.54 Å². The maximum atomic E-state index is 11.3. The van der Waals surface area contributed by atoms with Gasteiger partial charge in [-0.1, -0.05) is 12.1 Å². The second-order valence-electron chi connectivity index (χ2n) is 3.91. The predicted octanol–water partition coefficient (Wildman–Crippen LogP) is 1.25. The molecule has 1 N–H and O–H groups in total. The van der Waals surface area contributed by atoms with Gasteiger partial charge in [-0.3, -0.25) is 10.1 Å². The third-order valence-electron chi connectivity index (χ3n) is 2.75. The van der Waals surface area contributed by atoms with Crippen LogP contribution in [0.4, 0.5) is 10.5 Å². The van der Waals surface area contributed by atoms with Crippen LogP contribution < -0.4 is 0 Å². The van der Waals surface area contributed by atoms with Crippen LogP contribution >= 0.6 is 0 Å². The first-order valence-corrected chi connectivity index (χ1v) is 5.42. The molecule has 1 saturated heterocycles. The van der Waals surface area contributed by atoms with E-state index in [1.54, 1.807) is 0 Å². The molecule has 1 aromatic rings. The summed E-state index contributed by atoms with van der Waals surface area (Å²) in [7, 11) is 0. The van der Waals surface area contributed by atoms with E-state index < -0.39 is 28.2 Å². The van der Waals surface area contributed by atoms with Crippen LogP contribution in [0.15, 0.2) is 18.2 Å². The maximum Gasteiger partial charge on any atom is 0.410 e. The van der Waals surface area contributed by atoms with Gasteiger partial charge in [0.1, 0.15) is 12.2 Å². The number of nitrogens with zero attached hydrogens (tertiary/aromatic N) is 2. The number of nitro benzene ring substituents is 1. The van der Waals surface area contributed by atoms with Crippen molar-refractivity contribution in [2.24, 2.45) is 0 Å². The molecule has 0 bridgehead atoms. The number of rotatable bonds is 4. The van der Waals surface area contributed by atoms with Gasteiger partial charge in [0.25, 0.3) is 5.69 Å². The number of carboxylic acid groups (broad SMARTS) is 1. The molecule has 0 aromatic heterocycles. The number of carbonyl (C=O) groups is 2. The molecule has 0 radical (unpaired) electrons. The lowest BCUT2D eigenvalue weighted by Crippen LogP contribution is -2.25. The van der Waals surface area contributed by atoms with Crippen LogP contribution in [0.2, 0.25) is 0 Å². The van der Waals surface area contributed by atoms with Gasteiger partial charge < -0.3 is 14.7 Å². The van der Waals surface area contributed by atoms with Crippen LogP contribution in [0.25, 0.3) is 0 Å². The number of carboxylic acids is 1. The molecule has 8 heteroatoms. The first-order valence-electron chi connectivity index (χ1n) is 5.42. The number of benzene rings is 1. The van der Waals surface area contributed by atoms with E-state index in [0.717, 1.165) is 6.07 Å². The van der Waals surface area contributed by atoms with Gasteiger partial charge >= 0.3 is 12.1 Å². The highest BCUT2D eigenvalue weighted by atomic mass is 16.6. The van der Waals surface area contributed by atoms with E-state index >= 15 is 0 Å². The molecule has 1 amide bonds. The molecule has 1 heterocycles.